The van der Waals surface area contributed by atoms with Gasteiger partial charge in [0.1, 0.15) is 5.54 Å². The molecule has 0 aromatic heterocycles. The molecule has 1 saturated heterocycles. The highest BCUT2D eigenvalue weighted by molar-refractivity contribution is 8.00. The highest BCUT2D eigenvalue weighted by Crippen LogP contribution is 2.29. The van der Waals surface area contributed by atoms with Gasteiger partial charge in [-0.3, -0.25) is 9.80 Å². The molecule has 18 heavy (non-hydrogen) atoms. The summed E-state index contributed by atoms with van der Waals surface area (Å²) in [4.78, 5) is 4.09. The van der Waals surface area contributed by atoms with Crippen LogP contribution in [0.25, 0.3) is 0 Å². The van der Waals surface area contributed by atoms with Gasteiger partial charge in [-0.15, -0.1) is 0 Å². The van der Waals surface area contributed by atoms with E-state index >= 15 is 0 Å². The fraction of sp³-hybridized carbons (Fsp3) is 0.909. The van der Waals surface area contributed by atoms with Crippen molar-refractivity contribution >= 4 is 11.8 Å². The van der Waals surface area contributed by atoms with E-state index in [9.17, 15) is 13.2 Å². The third-order valence-electron chi connectivity index (χ3n) is 3.11. The highest BCUT2D eigenvalue weighted by atomic mass is 32.2. The van der Waals surface area contributed by atoms with Crippen LogP contribution >= 0.6 is 11.8 Å². The van der Waals surface area contributed by atoms with Crippen molar-refractivity contribution in [2.45, 2.75) is 24.9 Å². The molecule has 0 saturated carbocycles. The van der Waals surface area contributed by atoms with E-state index in [1.54, 1.807) is 0 Å². The standard InChI is InChI=1S/C11H18F3N3S/c1-10(2,9-15)17-5-3-16(4-6-17)7-8-18-11(12,13)14/h3-8H2,1-2H3. The number of thioether (sulfide) groups is 1. The molecule has 0 aromatic carbocycles. The summed E-state index contributed by atoms with van der Waals surface area (Å²) in [6.07, 6.45) is 0. The Morgan fingerprint density at radius 1 is 1.17 bits per heavy atom. The van der Waals surface area contributed by atoms with E-state index in [0.717, 1.165) is 26.2 Å². The van der Waals surface area contributed by atoms with E-state index < -0.39 is 11.0 Å². The van der Waals surface area contributed by atoms with Crippen molar-refractivity contribution in [3.63, 3.8) is 0 Å². The van der Waals surface area contributed by atoms with Crippen LogP contribution in [-0.2, 0) is 0 Å². The summed E-state index contributed by atoms with van der Waals surface area (Å²) in [7, 11) is 0. The van der Waals surface area contributed by atoms with Crippen LogP contribution < -0.4 is 0 Å². The van der Waals surface area contributed by atoms with Crippen LogP contribution in [-0.4, -0.2) is 59.3 Å². The third-order valence-corrected chi connectivity index (χ3v) is 3.82. The fourth-order valence-corrected chi connectivity index (χ4v) is 2.47. The molecule has 1 heterocycles. The number of nitrogens with zero attached hydrogens (tertiary/aromatic N) is 3. The zero-order valence-electron chi connectivity index (χ0n) is 10.6. The summed E-state index contributed by atoms with van der Waals surface area (Å²) < 4.78 is 35.9. The molecule has 1 fully saturated rings. The van der Waals surface area contributed by atoms with Crippen molar-refractivity contribution in [1.29, 1.82) is 5.26 Å². The Balaban J connectivity index is 2.26. The van der Waals surface area contributed by atoms with Gasteiger partial charge in [-0.1, -0.05) is 0 Å². The number of piperazine rings is 1. The molecule has 0 radical (unpaired) electrons. The monoisotopic (exact) mass is 281 g/mol. The molecule has 0 amide bonds. The van der Waals surface area contributed by atoms with E-state index in [0.29, 0.717) is 6.54 Å². The highest BCUT2D eigenvalue weighted by Gasteiger charge is 2.31. The minimum absolute atomic E-state index is 0.0305. The third kappa shape index (κ3) is 5.04. The Bertz CT molecular complexity index is 304. The largest absolute Gasteiger partial charge is 0.441 e. The summed E-state index contributed by atoms with van der Waals surface area (Å²) in [6.45, 7) is 7.09. The summed E-state index contributed by atoms with van der Waals surface area (Å²) >= 11 is 0.0305. The van der Waals surface area contributed by atoms with Crippen LogP contribution in [0.4, 0.5) is 13.2 Å². The molecule has 1 rings (SSSR count). The van der Waals surface area contributed by atoms with Gasteiger partial charge in [-0.25, -0.2) is 0 Å². The smallest absolute Gasteiger partial charge is 0.300 e. The molecule has 0 N–H and O–H groups in total. The molecule has 104 valence electrons. The number of rotatable bonds is 4. The number of halogens is 3. The molecule has 0 aliphatic carbocycles. The van der Waals surface area contributed by atoms with Gasteiger partial charge in [-0.05, 0) is 25.6 Å². The Hall–Kier alpha value is -0.450. The summed E-state index contributed by atoms with van der Waals surface area (Å²) in [6, 6.07) is 2.24. The second kappa shape index (κ2) is 6.13. The minimum Gasteiger partial charge on any atom is -0.300 e. The molecule has 0 bridgehead atoms. The van der Waals surface area contributed by atoms with Crippen LogP contribution in [0.3, 0.4) is 0 Å². The Kier molecular flexibility index (Phi) is 5.32. The van der Waals surface area contributed by atoms with Gasteiger partial charge in [0.2, 0.25) is 0 Å². The molecule has 0 spiro atoms. The molecular weight excluding hydrogens is 263 g/mol. The second-order valence-corrected chi connectivity index (χ2v) is 5.95. The summed E-state index contributed by atoms with van der Waals surface area (Å²) in [5.41, 5.74) is -4.63. The molecular formula is C11H18F3N3S. The van der Waals surface area contributed by atoms with Crippen LogP contribution in [0.15, 0.2) is 0 Å². The average Bonchev–Trinajstić information content (AvgIpc) is 2.28. The molecule has 1 aliphatic heterocycles. The predicted octanol–water partition coefficient (Wildman–Crippen LogP) is 2.16. The van der Waals surface area contributed by atoms with Crippen molar-refractivity contribution in [2.75, 3.05) is 38.5 Å². The first-order valence-electron chi connectivity index (χ1n) is 5.84. The quantitative estimate of drug-likeness (QED) is 0.790. The summed E-state index contributed by atoms with van der Waals surface area (Å²) in [5.74, 6) is 0.0745. The van der Waals surface area contributed by atoms with Crippen molar-refractivity contribution in [3.05, 3.63) is 0 Å². The van der Waals surface area contributed by atoms with Crippen molar-refractivity contribution in [1.82, 2.24) is 9.80 Å². The zero-order chi connectivity index (χ0) is 13.8. The fourth-order valence-electron chi connectivity index (χ4n) is 1.89. The van der Waals surface area contributed by atoms with Crippen molar-refractivity contribution in [3.8, 4) is 6.07 Å². The van der Waals surface area contributed by atoms with Crippen molar-refractivity contribution < 1.29 is 13.2 Å². The molecule has 3 nitrogen and oxygen atoms in total. The zero-order valence-corrected chi connectivity index (χ0v) is 11.4. The maximum absolute atomic E-state index is 12.0. The lowest BCUT2D eigenvalue weighted by Gasteiger charge is -2.40. The van der Waals surface area contributed by atoms with Gasteiger partial charge in [0.15, 0.2) is 0 Å². The van der Waals surface area contributed by atoms with Crippen LogP contribution in [0.1, 0.15) is 13.8 Å². The van der Waals surface area contributed by atoms with Gasteiger partial charge in [0.25, 0.3) is 0 Å². The van der Waals surface area contributed by atoms with Crippen LogP contribution in [0.2, 0.25) is 0 Å². The lowest BCUT2D eigenvalue weighted by Crippen LogP contribution is -2.54. The SMILES string of the molecule is CC(C)(C#N)N1CCN(CCSC(F)(F)F)CC1. The lowest BCUT2D eigenvalue weighted by molar-refractivity contribution is -0.0329. The Morgan fingerprint density at radius 3 is 2.17 bits per heavy atom. The molecule has 1 aliphatic rings. The molecule has 0 aromatic rings. The first-order chi connectivity index (χ1) is 8.24. The Labute approximate surface area is 110 Å². The number of hydrogen-bond donors (Lipinski definition) is 0. The molecule has 0 unspecified atom stereocenters. The Morgan fingerprint density at radius 2 is 1.72 bits per heavy atom. The van der Waals surface area contributed by atoms with Crippen LogP contribution in [0.5, 0.6) is 0 Å². The predicted molar refractivity (Wildman–Crippen MR) is 66.2 cm³/mol. The van der Waals surface area contributed by atoms with E-state index in [-0.39, 0.29) is 17.5 Å². The van der Waals surface area contributed by atoms with Gasteiger partial charge in [0.05, 0.1) is 6.07 Å². The van der Waals surface area contributed by atoms with Gasteiger partial charge >= 0.3 is 5.51 Å². The first-order valence-corrected chi connectivity index (χ1v) is 6.82. The molecule has 7 heteroatoms. The number of alkyl halides is 3. The van der Waals surface area contributed by atoms with E-state index in [2.05, 4.69) is 11.0 Å². The van der Waals surface area contributed by atoms with E-state index in [4.69, 9.17) is 5.26 Å². The lowest BCUT2D eigenvalue weighted by atomic mass is 10.0. The van der Waals surface area contributed by atoms with Gasteiger partial charge in [-0.2, -0.15) is 18.4 Å². The summed E-state index contributed by atoms with van der Waals surface area (Å²) in [5, 5.41) is 9.01. The van der Waals surface area contributed by atoms with Gasteiger partial charge in [0, 0.05) is 38.5 Å². The normalized spacial score (nSPS) is 19.8. The van der Waals surface area contributed by atoms with E-state index in [1.807, 2.05) is 18.7 Å². The number of hydrogen-bond acceptors (Lipinski definition) is 4. The molecule has 0 atom stereocenters. The number of nitriles is 1. The minimum atomic E-state index is -4.13. The second-order valence-electron chi connectivity index (χ2n) is 4.79. The van der Waals surface area contributed by atoms with Crippen molar-refractivity contribution in [2.24, 2.45) is 0 Å². The topological polar surface area (TPSA) is 30.3 Å². The van der Waals surface area contributed by atoms with E-state index in [1.165, 1.54) is 0 Å². The van der Waals surface area contributed by atoms with Gasteiger partial charge < -0.3 is 0 Å². The van der Waals surface area contributed by atoms with Crippen LogP contribution in [0, 0.1) is 11.3 Å². The maximum atomic E-state index is 12.0. The maximum Gasteiger partial charge on any atom is 0.441 e. The average molecular weight is 281 g/mol. The first kappa shape index (κ1) is 15.6.